The van der Waals surface area contributed by atoms with Crippen LogP contribution >= 0.6 is 0 Å². The van der Waals surface area contributed by atoms with Gasteiger partial charge in [0.25, 0.3) is 5.91 Å². The summed E-state index contributed by atoms with van der Waals surface area (Å²) in [4.78, 5) is 43.6. The van der Waals surface area contributed by atoms with Gasteiger partial charge in [-0.3, -0.25) is 14.4 Å². The summed E-state index contributed by atoms with van der Waals surface area (Å²) in [5.74, 6) is -1.58. The van der Waals surface area contributed by atoms with E-state index in [1.165, 1.54) is 29.2 Å². The van der Waals surface area contributed by atoms with E-state index in [0.29, 0.717) is 31.9 Å². The SMILES string of the molecule is O=C(CN(Cc1ccc(F)cc1)C(=O)C1CC1)Nc1ccc(N2CCN(C(=O)c3ccccc3F)CC2)cc1. The fourth-order valence-corrected chi connectivity index (χ4v) is 4.71. The molecular formula is C30H30F2N4O3. The standard InChI is InChI=1S/C30H30F2N4O3/c31-23-9-5-21(6-10-23)19-36(29(38)22-7-8-22)20-28(37)33-24-11-13-25(14-12-24)34-15-17-35(18-16-34)30(39)26-3-1-2-4-27(26)32/h1-6,9-14,22H,7-8,15-20H2,(H,33,37). The van der Waals surface area contributed by atoms with Crippen LogP contribution in [0.3, 0.4) is 0 Å². The lowest BCUT2D eigenvalue weighted by atomic mass is 10.1. The molecule has 9 heteroatoms. The second kappa shape index (κ2) is 11.6. The zero-order valence-corrected chi connectivity index (χ0v) is 21.5. The summed E-state index contributed by atoms with van der Waals surface area (Å²) in [6.07, 6.45) is 1.65. The summed E-state index contributed by atoms with van der Waals surface area (Å²) >= 11 is 0. The first kappa shape index (κ1) is 26.3. The Bertz CT molecular complexity index is 1340. The van der Waals surface area contributed by atoms with E-state index in [2.05, 4.69) is 10.2 Å². The molecule has 1 aliphatic carbocycles. The summed E-state index contributed by atoms with van der Waals surface area (Å²) in [5.41, 5.74) is 2.41. The summed E-state index contributed by atoms with van der Waals surface area (Å²) in [6.45, 7) is 2.32. The van der Waals surface area contributed by atoms with Crippen LogP contribution in [0.15, 0.2) is 72.8 Å². The van der Waals surface area contributed by atoms with Gasteiger partial charge in [-0.15, -0.1) is 0 Å². The molecule has 2 fully saturated rings. The molecule has 1 saturated heterocycles. The Kier molecular flexibility index (Phi) is 7.86. The number of carbonyl (C=O) groups excluding carboxylic acids is 3. The summed E-state index contributed by atoms with van der Waals surface area (Å²) in [5, 5.41) is 2.86. The first-order valence-corrected chi connectivity index (χ1v) is 13.1. The van der Waals surface area contributed by atoms with Gasteiger partial charge >= 0.3 is 0 Å². The molecule has 2 aliphatic rings. The number of carbonyl (C=O) groups is 3. The predicted molar refractivity (Wildman–Crippen MR) is 144 cm³/mol. The molecule has 3 aromatic rings. The van der Waals surface area contributed by atoms with E-state index in [9.17, 15) is 23.2 Å². The van der Waals surface area contributed by atoms with Gasteiger partial charge in [-0.2, -0.15) is 0 Å². The number of anilines is 2. The quantitative estimate of drug-likeness (QED) is 0.470. The van der Waals surface area contributed by atoms with Crippen LogP contribution in [-0.4, -0.2) is 60.2 Å². The number of piperazine rings is 1. The van der Waals surface area contributed by atoms with Gasteiger partial charge in [-0.25, -0.2) is 8.78 Å². The Morgan fingerprint density at radius 1 is 0.846 bits per heavy atom. The molecule has 202 valence electrons. The number of hydrogen-bond acceptors (Lipinski definition) is 4. The lowest BCUT2D eigenvalue weighted by Crippen LogP contribution is -2.49. The van der Waals surface area contributed by atoms with E-state index in [0.717, 1.165) is 24.1 Å². The number of benzene rings is 3. The summed E-state index contributed by atoms with van der Waals surface area (Å²) in [6, 6.07) is 19.3. The Balaban J connectivity index is 1.14. The third-order valence-electron chi connectivity index (χ3n) is 7.05. The van der Waals surface area contributed by atoms with Gasteiger partial charge in [-0.05, 0) is 66.9 Å². The van der Waals surface area contributed by atoms with Crippen molar-refractivity contribution in [2.24, 2.45) is 5.92 Å². The van der Waals surface area contributed by atoms with Crippen molar-refractivity contribution in [3.8, 4) is 0 Å². The largest absolute Gasteiger partial charge is 0.368 e. The molecule has 3 aromatic carbocycles. The predicted octanol–water partition coefficient (Wildman–Crippen LogP) is 4.30. The second-order valence-electron chi connectivity index (χ2n) is 9.95. The molecule has 5 rings (SSSR count). The lowest BCUT2D eigenvalue weighted by molar-refractivity contribution is -0.136. The molecule has 0 unspecified atom stereocenters. The van der Waals surface area contributed by atoms with E-state index in [-0.39, 0.29) is 48.1 Å². The minimum absolute atomic E-state index is 0.0417. The van der Waals surface area contributed by atoms with Crippen molar-refractivity contribution in [1.29, 1.82) is 0 Å². The van der Waals surface area contributed by atoms with Crippen molar-refractivity contribution in [3.63, 3.8) is 0 Å². The van der Waals surface area contributed by atoms with Gasteiger partial charge in [0.2, 0.25) is 11.8 Å². The highest BCUT2D eigenvalue weighted by Crippen LogP contribution is 2.31. The molecule has 0 atom stereocenters. The van der Waals surface area contributed by atoms with Gasteiger partial charge in [0, 0.05) is 50.0 Å². The highest BCUT2D eigenvalue weighted by molar-refractivity contribution is 5.95. The monoisotopic (exact) mass is 532 g/mol. The topological polar surface area (TPSA) is 73.0 Å². The first-order chi connectivity index (χ1) is 18.9. The number of amides is 3. The Morgan fingerprint density at radius 2 is 1.51 bits per heavy atom. The Morgan fingerprint density at radius 3 is 2.15 bits per heavy atom. The maximum Gasteiger partial charge on any atom is 0.256 e. The third-order valence-corrected chi connectivity index (χ3v) is 7.05. The molecular weight excluding hydrogens is 502 g/mol. The van der Waals surface area contributed by atoms with Gasteiger partial charge in [0.15, 0.2) is 0 Å². The zero-order valence-electron chi connectivity index (χ0n) is 21.5. The second-order valence-corrected chi connectivity index (χ2v) is 9.95. The van der Waals surface area contributed by atoms with Gasteiger partial charge < -0.3 is 20.0 Å². The number of hydrogen-bond donors (Lipinski definition) is 1. The smallest absolute Gasteiger partial charge is 0.256 e. The summed E-state index contributed by atoms with van der Waals surface area (Å²) in [7, 11) is 0. The van der Waals surface area contributed by atoms with E-state index in [1.807, 2.05) is 12.1 Å². The van der Waals surface area contributed by atoms with Crippen LogP contribution in [0.5, 0.6) is 0 Å². The zero-order chi connectivity index (χ0) is 27.4. The molecule has 7 nitrogen and oxygen atoms in total. The van der Waals surface area contributed by atoms with Crippen molar-refractivity contribution in [3.05, 3.63) is 95.6 Å². The van der Waals surface area contributed by atoms with E-state index in [4.69, 9.17) is 0 Å². The van der Waals surface area contributed by atoms with Crippen LogP contribution in [0.4, 0.5) is 20.2 Å². The molecule has 0 bridgehead atoms. The molecule has 1 N–H and O–H groups in total. The van der Waals surface area contributed by atoms with Crippen molar-refractivity contribution in [2.45, 2.75) is 19.4 Å². The highest BCUT2D eigenvalue weighted by Gasteiger charge is 2.34. The van der Waals surface area contributed by atoms with Crippen molar-refractivity contribution in [2.75, 3.05) is 42.9 Å². The van der Waals surface area contributed by atoms with Crippen molar-refractivity contribution < 1.29 is 23.2 Å². The van der Waals surface area contributed by atoms with E-state index < -0.39 is 5.82 Å². The van der Waals surface area contributed by atoms with Crippen LogP contribution in [0.25, 0.3) is 0 Å². The number of nitrogens with zero attached hydrogens (tertiary/aromatic N) is 3. The van der Waals surface area contributed by atoms with Crippen LogP contribution in [0.2, 0.25) is 0 Å². The number of nitrogens with one attached hydrogen (secondary N) is 1. The molecule has 1 saturated carbocycles. The van der Waals surface area contributed by atoms with E-state index in [1.54, 1.807) is 41.3 Å². The average Bonchev–Trinajstić information content (AvgIpc) is 3.80. The lowest BCUT2D eigenvalue weighted by Gasteiger charge is -2.36. The van der Waals surface area contributed by atoms with Gasteiger partial charge in [-0.1, -0.05) is 24.3 Å². The van der Waals surface area contributed by atoms with Gasteiger partial charge in [0.1, 0.15) is 18.2 Å². The third kappa shape index (κ3) is 6.60. The summed E-state index contributed by atoms with van der Waals surface area (Å²) < 4.78 is 27.3. The minimum Gasteiger partial charge on any atom is -0.368 e. The van der Waals surface area contributed by atoms with Crippen LogP contribution in [0, 0.1) is 17.6 Å². The molecule has 1 heterocycles. The number of rotatable bonds is 8. The average molecular weight is 533 g/mol. The maximum atomic E-state index is 14.0. The van der Waals surface area contributed by atoms with Crippen molar-refractivity contribution in [1.82, 2.24) is 9.80 Å². The van der Waals surface area contributed by atoms with E-state index >= 15 is 0 Å². The normalized spacial score (nSPS) is 15.1. The number of halogens is 2. The highest BCUT2D eigenvalue weighted by atomic mass is 19.1. The molecule has 3 amide bonds. The minimum atomic E-state index is -0.516. The molecule has 39 heavy (non-hydrogen) atoms. The van der Waals surface area contributed by atoms with Crippen LogP contribution in [-0.2, 0) is 16.1 Å². The fraction of sp³-hybridized carbons (Fsp3) is 0.300. The molecule has 0 spiro atoms. The Labute approximate surface area is 226 Å². The van der Waals surface area contributed by atoms with Crippen LogP contribution < -0.4 is 10.2 Å². The Hall–Kier alpha value is -4.27. The molecule has 0 radical (unpaired) electrons. The molecule has 1 aliphatic heterocycles. The molecule has 0 aromatic heterocycles. The first-order valence-electron chi connectivity index (χ1n) is 13.1. The van der Waals surface area contributed by atoms with Crippen molar-refractivity contribution >= 4 is 29.1 Å². The fourth-order valence-electron chi connectivity index (χ4n) is 4.71. The van der Waals surface area contributed by atoms with Gasteiger partial charge in [0.05, 0.1) is 5.56 Å². The van der Waals surface area contributed by atoms with Crippen LogP contribution in [0.1, 0.15) is 28.8 Å². The maximum absolute atomic E-state index is 14.0.